The van der Waals surface area contributed by atoms with E-state index in [1.54, 1.807) is 24.3 Å². The Morgan fingerprint density at radius 2 is 0.909 bits per heavy atom. The molecule has 0 saturated heterocycles. The van der Waals surface area contributed by atoms with Crippen LogP contribution in [0.4, 0.5) is 0 Å². The van der Waals surface area contributed by atoms with Crippen molar-refractivity contribution in [2.75, 3.05) is 13.1 Å². The first-order chi connectivity index (χ1) is 21.5. The number of nitrogens with one attached hydrogen (secondary N) is 4. The van der Waals surface area contributed by atoms with Gasteiger partial charge in [-0.05, 0) is 96.7 Å². The number of amidine groups is 2. The molecule has 0 unspecified atom stereocenters. The lowest BCUT2D eigenvalue weighted by molar-refractivity contribution is 0.306. The summed E-state index contributed by atoms with van der Waals surface area (Å²) < 4.78 is 11.8. The Hall–Kier alpha value is -4.66. The molecular formula is C36H44N6O2. The van der Waals surface area contributed by atoms with Crippen LogP contribution in [0, 0.1) is 10.8 Å². The van der Waals surface area contributed by atoms with E-state index in [1.807, 2.05) is 24.3 Å². The van der Waals surface area contributed by atoms with Crippen LogP contribution in [-0.4, -0.2) is 24.8 Å². The van der Waals surface area contributed by atoms with Gasteiger partial charge in [0.2, 0.25) is 0 Å². The number of rotatable bonds is 19. The lowest BCUT2D eigenvalue weighted by Gasteiger charge is -2.10. The molecule has 0 bridgehead atoms. The predicted molar refractivity (Wildman–Crippen MR) is 178 cm³/mol. The number of ether oxygens (including phenoxy) is 2. The molecule has 230 valence electrons. The van der Waals surface area contributed by atoms with E-state index in [9.17, 15) is 0 Å². The lowest BCUT2D eigenvalue weighted by Crippen LogP contribution is -2.16. The first-order valence-electron chi connectivity index (χ1n) is 15.2. The summed E-state index contributed by atoms with van der Waals surface area (Å²) >= 11 is 0. The predicted octanol–water partition coefficient (Wildman–Crippen LogP) is 5.85. The Morgan fingerprint density at radius 3 is 1.30 bits per heavy atom. The van der Waals surface area contributed by atoms with Crippen molar-refractivity contribution >= 4 is 11.7 Å². The van der Waals surface area contributed by atoms with Gasteiger partial charge in [0, 0.05) is 24.2 Å². The van der Waals surface area contributed by atoms with Crippen LogP contribution in [0.1, 0.15) is 59.1 Å². The maximum atomic E-state index is 7.48. The molecule has 4 aromatic carbocycles. The number of unbranched alkanes of at least 4 members (excludes halogenated alkanes) is 3. The Labute approximate surface area is 260 Å². The summed E-state index contributed by atoms with van der Waals surface area (Å²) in [6.07, 6.45) is 4.76. The van der Waals surface area contributed by atoms with Gasteiger partial charge in [-0.15, -0.1) is 0 Å². The molecule has 0 spiro atoms. The number of hydrogen-bond donors (Lipinski definition) is 6. The van der Waals surface area contributed by atoms with Crippen LogP contribution in [0.25, 0.3) is 0 Å². The minimum absolute atomic E-state index is 0.0575. The van der Waals surface area contributed by atoms with Gasteiger partial charge < -0.3 is 31.6 Å². The molecule has 4 rings (SSSR count). The van der Waals surface area contributed by atoms with E-state index in [1.165, 1.54) is 36.8 Å². The van der Waals surface area contributed by atoms with Crippen molar-refractivity contribution in [3.8, 4) is 11.5 Å². The molecule has 44 heavy (non-hydrogen) atoms. The van der Waals surface area contributed by atoms with Gasteiger partial charge in [-0.1, -0.05) is 61.4 Å². The van der Waals surface area contributed by atoms with Crippen molar-refractivity contribution in [3.63, 3.8) is 0 Å². The van der Waals surface area contributed by atoms with E-state index in [0.717, 1.165) is 48.8 Å². The standard InChI is InChI=1S/C36H44N6O2/c37-35(38)31-11-15-33(16-12-31)43-25-29-9-5-7-27(21-29)23-41-19-3-1-2-4-20-42-24-28-8-6-10-30(22-28)26-44-34-17-13-32(14-18-34)36(39)40/h5-18,21-22,41-42H,1-4,19-20,23-26H2,(H3,37,38)(H3,39,40). The Morgan fingerprint density at radius 1 is 0.523 bits per heavy atom. The van der Waals surface area contributed by atoms with Crippen LogP contribution in [0.15, 0.2) is 97.1 Å². The van der Waals surface area contributed by atoms with Gasteiger partial charge in [0.25, 0.3) is 0 Å². The molecule has 0 saturated carbocycles. The monoisotopic (exact) mass is 592 g/mol. The molecule has 0 aliphatic heterocycles. The molecule has 0 heterocycles. The summed E-state index contributed by atoms with van der Waals surface area (Å²) in [7, 11) is 0. The number of nitrogen functional groups attached to an aromatic ring is 2. The van der Waals surface area contributed by atoms with Gasteiger partial charge in [0.15, 0.2) is 0 Å². The zero-order valence-electron chi connectivity index (χ0n) is 25.3. The van der Waals surface area contributed by atoms with Crippen molar-refractivity contribution in [2.24, 2.45) is 11.5 Å². The van der Waals surface area contributed by atoms with Crippen molar-refractivity contribution in [1.82, 2.24) is 10.6 Å². The minimum Gasteiger partial charge on any atom is -0.489 e. The molecule has 4 aromatic rings. The molecule has 0 radical (unpaired) electrons. The maximum absolute atomic E-state index is 7.48. The average Bonchev–Trinajstić information content (AvgIpc) is 3.04. The van der Waals surface area contributed by atoms with Crippen molar-refractivity contribution in [2.45, 2.75) is 52.0 Å². The molecule has 0 aliphatic rings. The summed E-state index contributed by atoms with van der Waals surface area (Å²) in [4.78, 5) is 0. The van der Waals surface area contributed by atoms with Crippen LogP contribution in [-0.2, 0) is 26.3 Å². The van der Waals surface area contributed by atoms with Crippen molar-refractivity contribution < 1.29 is 9.47 Å². The second kappa shape index (κ2) is 17.5. The van der Waals surface area contributed by atoms with E-state index in [0.29, 0.717) is 24.3 Å². The Balaban J connectivity index is 1.03. The molecule has 0 amide bonds. The quantitative estimate of drug-likeness (QED) is 0.0458. The summed E-state index contributed by atoms with van der Waals surface area (Å²) in [5.41, 5.74) is 17.2. The van der Waals surface area contributed by atoms with Crippen LogP contribution >= 0.6 is 0 Å². The Kier molecular flexibility index (Phi) is 12.8. The van der Waals surface area contributed by atoms with Crippen LogP contribution in [0.2, 0.25) is 0 Å². The van der Waals surface area contributed by atoms with Gasteiger partial charge in [-0.3, -0.25) is 10.8 Å². The van der Waals surface area contributed by atoms with Crippen LogP contribution in [0.3, 0.4) is 0 Å². The van der Waals surface area contributed by atoms with Crippen LogP contribution in [0.5, 0.6) is 11.5 Å². The summed E-state index contributed by atoms with van der Waals surface area (Å²) in [5.74, 6) is 1.64. The minimum atomic E-state index is 0.0575. The van der Waals surface area contributed by atoms with Crippen LogP contribution < -0.4 is 31.6 Å². The lowest BCUT2D eigenvalue weighted by atomic mass is 10.1. The van der Waals surface area contributed by atoms with Gasteiger partial charge in [-0.2, -0.15) is 0 Å². The summed E-state index contributed by atoms with van der Waals surface area (Å²) in [6, 6.07) is 31.5. The second-order valence-electron chi connectivity index (χ2n) is 10.9. The Bertz CT molecular complexity index is 1360. The van der Waals surface area contributed by atoms with E-state index in [4.69, 9.17) is 31.8 Å². The van der Waals surface area contributed by atoms with Gasteiger partial charge in [0.1, 0.15) is 36.4 Å². The molecule has 0 atom stereocenters. The number of hydrogen-bond acceptors (Lipinski definition) is 6. The zero-order chi connectivity index (χ0) is 31.0. The van der Waals surface area contributed by atoms with E-state index >= 15 is 0 Å². The maximum Gasteiger partial charge on any atom is 0.122 e. The molecule has 8 nitrogen and oxygen atoms in total. The third-order valence-corrected chi connectivity index (χ3v) is 7.24. The number of nitrogens with two attached hydrogens (primary N) is 2. The highest BCUT2D eigenvalue weighted by Crippen LogP contribution is 2.16. The third-order valence-electron chi connectivity index (χ3n) is 7.24. The fraction of sp³-hybridized carbons (Fsp3) is 0.278. The molecule has 8 N–H and O–H groups in total. The SMILES string of the molecule is N=C(N)c1ccc(OCc2cccc(CNCCCCCCNCc3cccc(COc4ccc(C(=N)N)cc4)c3)c2)cc1. The second-order valence-corrected chi connectivity index (χ2v) is 10.9. The smallest absolute Gasteiger partial charge is 0.122 e. The third kappa shape index (κ3) is 11.2. The highest BCUT2D eigenvalue weighted by Gasteiger charge is 2.03. The molecule has 8 heteroatoms. The molecular weight excluding hydrogens is 548 g/mol. The van der Waals surface area contributed by atoms with Gasteiger partial charge >= 0.3 is 0 Å². The highest BCUT2D eigenvalue weighted by molar-refractivity contribution is 5.95. The fourth-order valence-electron chi connectivity index (χ4n) is 4.77. The highest BCUT2D eigenvalue weighted by atomic mass is 16.5. The summed E-state index contributed by atoms with van der Waals surface area (Å²) in [6.45, 7) is 4.71. The topological polar surface area (TPSA) is 142 Å². The molecule has 0 fully saturated rings. The number of benzene rings is 4. The van der Waals surface area contributed by atoms with E-state index in [2.05, 4.69) is 59.2 Å². The normalized spacial score (nSPS) is 10.8. The van der Waals surface area contributed by atoms with E-state index < -0.39 is 0 Å². The van der Waals surface area contributed by atoms with Crippen molar-refractivity contribution in [3.05, 3.63) is 130 Å². The fourth-order valence-corrected chi connectivity index (χ4v) is 4.77. The average molecular weight is 593 g/mol. The first kappa shape index (κ1) is 32.3. The van der Waals surface area contributed by atoms with E-state index in [-0.39, 0.29) is 11.7 Å². The summed E-state index contributed by atoms with van der Waals surface area (Å²) in [5, 5.41) is 22.1. The van der Waals surface area contributed by atoms with Gasteiger partial charge in [0.05, 0.1) is 0 Å². The molecule has 0 aromatic heterocycles. The zero-order valence-corrected chi connectivity index (χ0v) is 25.3. The van der Waals surface area contributed by atoms with Gasteiger partial charge in [-0.25, -0.2) is 0 Å². The molecule has 0 aliphatic carbocycles. The largest absolute Gasteiger partial charge is 0.489 e. The first-order valence-corrected chi connectivity index (χ1v) is 15.2. The van der Waals surface area contributed by atoms with Crippen molar-refractivity contribution in [1.29, 1.82) is 10.8 Å².